The first kappa shape index (κ1) is 14.8. The zero-order valence-corrected chi connectivity index (χ0v) is 11.8. The van der Waals surface area contributed by atoms with E-state index in [1.54, 1.807) is 19.2 Å². The smallest absolute Gasteiger partial charge is 0.407 e. The molecule has 0 spiro atoms. The van der Waals surface area contributed by atoms with Gasteiger partial charge < -0.3 is 15.4 Å². The molecule has 0 aliphatic rings. The average Bonchev–Trinajstić information content (AvgIpc) is 2.47. The topological polar surface area (TPSA) is 80.3 Å². The lowest BCUT2D eigenvalue weighted by Crippen LogP contribution is -2.28. The highest BCUT2D eigenvalue weighted by Crippen LogP contribution is 2.16. The van der Waals surface area contributed by atoms with Gasteiger partial charge in [-0.2, -0.15) is 0 Å². The van der Waals surface area contributed by atoms with Crippen LogP contribution in [0.4, 0.5) is 10.5 Å². The molecular weight excluding hydrogens is 270 g/mol. The third kappa shape index (κ3) is 4.45. The number of nitrogens with one attached hydrogen (secondary N) is 2. The fourth-order valence-electron chi connectivity index (χ4n) is 1.84. The largest absolute Gasteiger partial charge is 0.450 e. The maximum Gasteiger partial charge on any atom is 0.407 e. The van der Waals surface area contributed by atoms with Gasteiger partial charge in [0.05, 0.1) is 12.1 Å². The molecule has 0 saturated carbocycles. The molecule has 1 aromatic carbocycles. The number of pyridine rings is 1. The summed E-state index contributed by atoms with van der Waals surface area (Å²) in [7, 11) is 0. The summed E-state index contributed by atoms with van der Waals surface area (Å²) in [6, 6.07) is 9.28. The van der Waals surface area contributed by atoms with Crippen LogP contribution in [0.25, 0.3) is 10.9 Å². The number of anilines is 1. The molecule has 0 fully saturated rings. The van der Waals surface area contributed by atoms with Crippen molar-refractivity contribution in [2.45, 2.75) is 13.3 Å². The second-order valence-electron chi connectivity index (χ2n) is 4.36. The second-order valence-corrected chi connectivity index (χ2v) is 4.36. The van der Waals surface area contributed by atoms with Crippen molar-refractivity contribution in [1.29, 1.82) is 0 Å². The minimum absolute atomic E-state index is 0.171. The fraction of sp³-hybridized carbons (Fsp3) is 0.267. The second kappa shape index (κ2) is 7.23. The Morgan fingerprint density at radius 1 is 1.29 bits per heavy atom. The van der Waals surface area contributed by atoms with Gasteiger partial charge in [-0.15, -0.1) is 0 Å². The molecule has 2 amide bonds. The van der Waals surface area contributed by atoms with Crippen LogP contribution in [-0.4, -0.2) is 30.1 Å². The lowest BCUT2D eigenvalue weighted by molar-refractivity contribution is -0.116. The molecule has 0 aliphatic heterocycles. The lowest BCUT2D eigenvalue weighted by atomic mass is 10.2. The van der Waals surface area contributed by atoms with Crippen LogP contribution in [0, 0.1) is 0 Å². The zero-order chi connectivity index (χ0) is 15.1. The molecule has 0 radical (unpaired) electrons. The van der Waals surface area contributed by atoms with Crippen LogP contribution in [0.15, 0.2) is 36.5 Å². The number of ether oxygens (including phenoxy) is 1. The molecule has 0 atom stereocenters. The highest BCUT2D eigenvalue weighted by Gasteiger charge is 2.05. The number of fused-ring (bicyclic) bond motifs is 1. The van der Waals surface area contributed by atoms with Crippen molar-refractivity contribution in [2.75, 3.05) is 18.5 Å². The molecule has 0 bridgehead atoms. The Balaban J connectivity index is 1.85. The number of alkyl carbamates (subject to hydrolysis) is 1. The Kier molecular flexibility index (Phi) is 5.09. The van der Waals surface area contributed by atoms with Gasteiger partial charge >= 0.3 is 6.09 Å². The van der Waals surface area contributed by atoms with Gasteiger partial charge in [0.1, 0.15) is 0 Å². The van der Waals surface area contributed by atoms with Crippen LogP contribution < -0.4 is 10.6 Å². The Morgan fingerprint density at radius 3 is 2.95 bits per heavy atom. The Hall–Kier alpha value is -2.63. The first-order chi connectivity index (χ1) is 10.2. The summed E-state index contributed by atoms with van der Waals surface area (Å²) in [6.45, 7) is 2.27. The number of carbonyl (C=O) groups excluding carboxylic acids is 2. The number of hydrogen-bond donors (Lipinski definition) is 2. The van der Waals surface area contributed by atoms with Gasteiger partial charge in [-0.3, -0.25) is 9.78 Å². The van der Waals surface area contributed by atoms with Crippen molar-refractivity contribution in [3.8, 4) is 0 Å². The van der Waals surface area contributed by atoms with Crippen LogP contribution in [0.1, 0.15) is 13.3 Å². The molecule has 2 rings (SSSR count). The highest BCUT2D eigenvalue weighted by molar-refractivity contribution is 5.93. The SMILES string of the molecule is CCOC(=O)NCCC(=O)Nc1ccc2ncccc2c1. The van der Waals surface area contributed by atoms with Crippen LogP contribution in [-0.2, 0) is 9.53 Å². The van der Waals surface area contributed by atoms with Crippen molar-refractivity contribution >= 4 is 28.6 Å². The average molecular weight is 287 g/mol. The summed E-state index contributed by atoms with van der Waals surface area (Å²) >= 11 is 0. The van der Waals surface area contributed by atoms with Crippen LogP contribution in [0.3, 0.4) is 0 Å². The molecule has 110 valence electrons. The van der Waals surface area contributed by atoms with Crippen molar-refractivity contribution in [1.82, 2.24) is 10.3 Å². The Morgan fingerprint density at radius 2 is 2.14 bits per heavy atom. The van der Waals surface area contributed by atoms with Crippen molar-refractivity contribution in [3.05, 3.63) is 36.5 Å². The van der Waals surface area contributed by atoms with Gasteiger partial charge in [0, 0.05) is 30.2 Å². The van der Waals surface area contributed by atoms with Crippen molar-refractivity contribution in [2.24, 2.45) is 0 Å². The van der Waals surface area contributed by atoms with E-state index in [4.69, 9.17) is 4.74 Å². The zero-order valence-electron chi connectivity index (χ0n) is 11.8. The maximum atomic E-state index is 11.8. The summed E-state index contributed by atoms with van der Waals surface area (Å²) in [5.74, 6) is -0.171. The van der Waals surface area contributed by atoms with E-state index >= 15 is 0 Å². The molecule has 1 heterocycles. The quantitative estimate of drug-likeness (QED) is 0.884. The first-order valence-corrected chi connectivity index (χ1v) is 6.74. The van der Waals surface area contributed by atoms with Gasteiger partial charge in [-0.25, -0.2) is 4.79 Å². The first-order valence-electron chi connectivity index (χ1n) is 6.74. The van der Waals surface area contributed by atoms with Crippen molar-refractivity contribution < 1.29 is 14.3 Å². The van der Waals surface area contributed by atoms with Gasteiger partial charge in [-0.1, -0.05) is 6.07 Å². The number of hydrogen-bond acceptors (Lipinski definition) is 4. The summed E-state index contributed by atoms with van der Waals surface area (Å²) in [6.07, 6.45) is 1.40. The third-order valence-electron chi connectivity index (χ3n) is 2.78. The third-order valence-corrected chi connectivity index (χ3v) is 2.78. The van der Waals surface area contributed by atoms with E-state index in [2.05, 4.69) is 15.6 Å². The van der Waals surface area contributed by atoms with Crippen LogP contribution >= 0.6 is 0 Å². The fourth-order valence-corrected chi connectivity index (χ4v) is 1.84. The summed E-state index contributed by atoms with van der Waals surface area (Å²) in [5, 5.41) is 6.24. The van der Waals surface area contributed by atoms with E-state index in [-0.39, 0.29) is 18.9 Å². The maximum absolute atomic E-state index is 11.8. The van der Waals surface area contributed by atoms with Crippen LogP contribution in [0.2, 0.25) is 0 Å². The number of aromatic nitrogens is 1. The molecule has 1 aromatic heterocycles. The standard InChI is InChI=1S/C15H17N3O3/c1-2-21-15(20)17-9-7-14(19)18-12-5-6-13-11(10-12)4-3-8-16-13/h3-6,8,10H,2,7,9H2,1H3,(H,17,20)(H,18,19). The number of rotatable bonds is 5. The molecule has 2 aromatic rings. The molecule has 21 heavy (non-hydrogen) atoms. The predicted molar refractivity (Wildman–Crippen MR) is 80.0 cm³/mol. The van der Waals surface area contributed by atoms with Gasteiger partial charge in [0.2, 0.25) is 5.91 Å². The minimum Gasteiger partial charge on any atom is -0.450 e. The predicted octanol–water partition coefficient (Wildman–Crippen LogP) is 2.31. The Bertz CT molecular complexity index is 643. The number of nitrogens with zero attached hydrogens (tertiary/aromatic N) is 1. The number of carbonyl (C=O) groups is 2. The summed E-state index contributed by atoms with van der Waals surface area (Å²) < 4.78 is 4.70. The lowest BCUT2D eigenvalue weighted by Gasteiger charge is -2.07. The summed E-state index contributed by atoms with van der Waals surface area (Å²) in [5.41, 5.74) is 1.58. The number of benzene rings is 1. The molecule has 0 saturated heterocycles. The monoisotopic (exact) mass is 287 g/mol. The number of amides is 2. The molecule has 6 heteroatoms. The van der Waals surface area contributed by atoms with E-state index in [9.17, 15) is 9.59 Å². The molecule has 0 unspecified atom stereocenters. The van der Waals surface area contributed by atoms with Crippen LogP contribution in [0.5, 0.6) is 0 Å². The van der Waals surface area contributed by atoms with E-state index in [1.165, 1.54) is 0 Å². The van der Waals surface area contributed by atoms with Crippen molar-refractivity contribution in [3.63, 3.8) is 0 Å². The van der Waals surface area contributed by atoms with Gasteiger partial charge in [0.25, 0.3) is 0 Å². The molecule has 6 nitrogen and oxygen atoms in total. The van der Waals surface area contributed by atoms with E-state index in [1.807, 2.05) is 24.3 Å². The molecule has 0 aliphatic carbocycles. The minimum atomic E-state index is -0.512. The Labute approximate surface area is 122 Å². The van der Waals surface area contributed by atoms with E-state index < -0.39 is 6.09 Å². The molecular formula is C15H17N3O3. The van der Waals surface area contributed by atoms with E-state index in [0.717, 1.165) is 10.9 Å². The van der Waals surface area contributed by atoms with Gasteiger partial charge in [0.15, 0.2) is 0 Å². The molecule has 2 N–H and O–H groups in total. The normalized spacial score (nSPS) is 10.1. The van der Waals surface area contributed by atoms with E-state index in [0.29, 0.717) is 12.3 Å². The highest BCUT2D eigenvalue weighted by atomic mass is 16.5. The van der Waals surface area contributed by atoms with Gasteiger partial charge in [-0.05, 0) is 31.2 Å². The summed E-state index contributed by atoms with van der Waals surface area (Å²) in [4.78, 5) is 27.0.